The normalized spacial score (nSPS) is 34.6. The smallest absolute Gasteiger partial charge is 0.327 e. The molecule has 1 aliphatic carbocycles. The quantitative estimate of drug-likeness (QED) is 0.769. The van der Waals surface area contributed by atoms with Gasteiger partial charge >= 0.3 is 12.0 Å². The lowest BCUT2D eigenvalue weighted by Gasteiger charge is -2.28. The highest BCUT2D eigenvalue weighted by Gasteiger charge is 2.40. The Morgan fingerprint density at radius 3 is 2.65 bits per heavy atom. The van der Waals surface area contributed by atoms with Crippen LogP contribution in [0.15, 0.2) is 0 Å². The zero-order valence-electron chi connectivity index (χ0n) is 12.2. The molecular weight excluding hydrogens is 276 g/mol. The Kier molecular flexibility index (Phi) is 5.18. The van der Waals surface area contributed by atoms with Gasteiger partial charge in [-0.05, 0) is 32.1 Å². The van der Waals surface area contributed by atoms with E-state index >= 15 is 0 Å². The van der Waals surface area contributed by atoms with Crippen LogP contribution in [0, 0.1) is 5.92 Å². The summed E-state index contributed by atoms with van der Waals surface area (Å²) in [6.45, 7) is 4.15. The number of nitrogens with zero attached hydrogens (tertiary/aromatic N) is 1. The van der Waals surface area contributed by atoms with Gasteiger partial charge < -0.3 is 10.4 Å². The maximum absolute atomic E-state index is 12.4. The molecule has 0 spiro atoms. The van der Waals surface area contributed by atoms with Crippen LogP contribution in [0.5, 0.6) is 0 Å². The third kappa shape index (κ3) is 3.59. The summed E-state index contributed by atoms with van der Waals surface area (Å²) in [5.41, 5.74) is 0. The van der Waals surface area contributed by atoms with Crippen molar-refractivity contribution in [1.29, 1.82) is 0 Å². The van der Waals surface area contributed by atoms with Crippen molar-refractivity contribution in [2.75, 3.05) is 5.75 Å². The van der Waals surface area contributed by atoms with E-state index in [0.29, 0.717) is 5.75 Å². The van der Waals surface area contributed by atoms with Crippen LogP contribution in [0.2, 0.25) is 0 Å². The molecule has 1 saturated carbocycles. The molecule has 0 aromatic heterocycles. The first kappa shape index (κ1) is 15.5. The molecule has 6 heteroatoms. The molecule has 5 nitrogen and oxygen atoms in total. The van der Waals surface area contributed by atoms with Gasteiger partial charge in [-0.15, -0.1) is 11.8 Å². The van der Waals surface area contributed by atoms with Crippen molar-refractivity contribution >= 4 is 23.8 Å². The number of carboxylic acid groups (broad SMARTS) is 1. The first-order chi connectivity index (χ1) is 9.49. The summed E-state index contributed by atoms with van der Waals surface area (Å²) in [4.78, 5) is 25.1. The van der Waals surface area contributed by atoms with Gasteiger partial charge in [0.15, 0.2) is 0 Å². The average molecular weight is 300 g/mol. The van der Waals surface area contributed by atoms with Gasteiger partial charge in [-0.25, -0.2) is 9.59 Å². The third-order valence-corrected chi connectivity index (χ3v) is 5.55. The summed E-state index contributed by atoms with van der Waals surface area (Å²) in [5, 5.41) is 12.2. The zero-order chi connectivity index (χ0) is 14.7. The number of rotatable bonds is 2. The first-order valence-corrected chi connectivity index (χ1v) is 8.47. The van der Waals surface area contributed by atoms with Crippen molar-refractivity contribution in [2.24, 2.45) is 5.92 Å². The van der Waals surface area contributed by atoms with Crippen molar-refractivity contribution in [2.45, 2.75) is 63.4 Å². The summed E-state index contributed by atoms with van der Waals surface area (Å²) in [6, 6.07) is -0.714. The number of hydrogen-bond acceptors (Lipinski definition) is 3. The minimum Gasteiger partial charge on any atom is -0.480 e. The van der Waals surface area contributed by atoms with Crippen molar-refractivity contribution < 1.29 is 14.7 Å². The molecule has 4 atom stereocenters. The molecule has 1 heterocycles. The average Bonchev–Trinajstić information content (AvgIpc) is 2.66. The second kappa shape index (κ2) is 6.70. The standard InChI is InChI=1S/C14H24N2O3S/c1-9-4-3-5-11(7-6-9)15-14(19)16-10(2)20-8-12(16)13(17)18/h9-12H,3-8H2,1-2H3,(H,15,19)(H,17,18). The number of amides is 2. The van der Waals surface area contributed by atoms with E-state index < -0.39 is 12.0 Å². The fourth-order valence-corrected chi connectivity index (χ4v) is 4.19. The maximum Gasteiger partial charge on any atom is 0.327 e. The second-order valence-electron chi connectivity index (χ2n) is 5.95. The minimum atomic E-state index is -0.911. The predicted octanol–water partition coefficient (Wildman–Crippen LogP) is 2.51. The van der Waals surface area contributed by atoms with Gasteiger partial charge in [0.2, 0.25) is 0 Å². The van der Waals surface area contributed by atoms with Gasteiger partial charge in [-0.1, -0.05) is 19.8 Å². The van der Waals surface area contributed by atoms with E-state index in [1.54, 1.807) is 0 Å². The molecule has 2 aliphatic rings. The lowest BCUT2D eigenvalue weighted by molar-refractivity contribution is -0.141. The molecule has 20 heavy (non-hydrogen) atoms. The minimum absolute atomic E-state index is 0.0687. The predicted molar refractivity (Wildman–Crippen MR) is 79.8 cm³/mol. The zero-order valence-corrected chi connectivity index (χ0v) is 13.0. The van der Waals surface area contributed by atoms with Crippen LogP contribution >= 0.6 is 11.8 Å². The first-order valence-electron chi connectivity index (χ1n) is 7.42. The Bertz CT molecular complexity index is 377. The number of hydrogen-bond donors (Lipinski definition) is 2. The van der Waals surface area contributed by atoms with E-state index in [1.807, 2.05) is 6.92 Å². The highest BCUT2D eigenvalue weighted by molar-refractivity contribution is 8.00. The van der Waals surface area contributed by atoms with E-state index in [2.05, 4.69) is 12.2 Å². The van der Waals surface area contributed by atoms with Crippen molar-refractivity contribution in [3.8, 4) is 0 Å². The highest BCUT2D eigenvalue weighted by Crippen LogP contribution is 2.29. The molecule has 0 bridgehead atoms. The van der Waals surface area contributed by atoms with Crippen LogP contribution in [0.4, 0.5) is 4.79 Å². The van der Waals surface area contributed by atoms with Crippen molar-refractivity contribution in [3.63, 3.8) is 0 Å². The molecule has 0 aromatic rings. The van der Waals surface area contributed by atoms with Gasteiger partial charge in [0.25, 0.3) is 0 Å². The van der Waals surface area contributed by atoms with Crippen molar-refractivity contribution in [3.05, 3.63) is 0 Å². The maximum atomic E-state index is 12.4. The topological polar surface area (TPSA) is 69.6 Å². The Balaban J connectivity index is 1.94. The monoisotopic (exact) mass is 300 g/mol. The molecular formula is C14H24N2O3S. The molecule has 1 aliphatic heterocycles. The van der Waals surface area contributed by atoms with Gasteiger partial charge in [0.05, 0.1) is 5.37 Å². The number of carbonyl (C=O) groups excluding carboxylic acids is 1. The summed E-state index contributed by atoms with van der Waals surface area (Å²) >= 11 is 1.52. The second-order valence-corrected chi connectivity index (χ2v) is 7.30. The van der Waals surface area contributed by atoms with E-state index in [-0.39, 0.29) is 17.4 Å². The Morgan fingerprint density at radius 2 is 1.95 bits per heavy atom. The number of urea groups is 1. The third-order valence-electron chi connectivity index (χ3n) is 4.33. The van der Waals surface area contributed by atoms with Crippen LogP contribution in [0.3, 0.4) is 0 Å². The van der Waals surface area contributed by atoms with Crippen LogP contribution in [-0.2, 0) is 4.79 Å². The summed E-state index contributed by atoms with van der Waals surface area (Å²) in [5.74, 6) is 0.294. The van der Waals surface area contributed by atoms with E-state index in [1.165, 1.54) is 23.1 Å². The molecule has 0 radical (unpaired) electrons. The van der Waals surface area contributed by atoms with E-state index in [9.17, 15) is 14.7 Å². The molecule has 2 fully saturated rings. The fraction of sp³-hybridized carbons (Fsp3) is 0.857. The molecule has 1 saturated heterocycles. The number of carboxylic acids is 1. The molecule has 2 N–H and O–H groups in total. The van der Waals surface area contributed by atoms with Crippen LogP contribution < -0.4 is 5.32 Å². The van der Waals surface area contributed by atoms with Gasteiger partial charge in [0.1, 0.15) is 6.04 Å². The Labute approximate surface area is 124 Å². The molecule has 114 valence electrons. The fourth-order valence-electron chi connectivity index (χ4n) is 3.02. The number of thioether (sulfide) groups is 1. The molecule has 2 amide bonds. The van der Waals surface area contributed by atoms with Gasteiger partial charge in [-0.2, -0.15) is 0 Å². The van der Waals surface area contributed by atoms with Crippen LogP contribution in [0.25, 0.3) is 0 Å². The number of carbonyl (C=O) groups is 2. The van der Waals surface area contributed by atoms with Crippen LogP contribution in [-0.4, -0.2) is 45.2 Å². The lowest BCUT2D eigenvalue weighted by atomic mass is 10.0. The van der Waals surface area contributed by atoms with E-state index in [4.69, 9.17) is 0 Å². The SMILES string of the molecule is CC1CCCC(NC(=O)N2C(C)SCC2C(=O)O)CC1. The van der Waals surface area contributed by atoms with Gasteiger partial charge in [-0.3, -0.25) is 4.90 Å². The van der Waals surface area contributed by atoms with E-state index in [0.717, 1.165) is 31.6 Å². The van der Waals surface area contributed by atoms with Crippen LogP contribution in [0.1, 0.15) is 46.0 Å². The van der Waals surface area contributed by atoms with Gasteiger partial charge in [0, 0.05) is 11.8 Å². The molecule has 4 unspecified atom stereocenters. The molecule has 0 aromatic carbocycles. The lowest BCUT2D eigenvalue weighted by Crippen LogP contribution is -2.51. The summed E-state index contributed by atoms with van der Waals surface area (Å²) < 4.78 is 0. The summed E-state index contributed by atoms with van der Waals surface area (Å²) in [6.07, 6.45) is 5.50. The molecule has 2 rings (SSSR count). The Morgan fingerprint density at radius 1 is 1.20 bits per heavy atom. The number of aliphatic carboxylic acids is 1. The van der Waals surface area contributed by atoms with Crippen molar-refractivity contribution in [1.82, 2.24) is 10.2 Å². The Hall–Kier alpha value is -0.910. The number of nitrogens with one attached hydrogen (secondary N) is 1. The largest absolute Gasteiger partial charge is 0.480 e. The summed E-state index contributed by atoms with van der Waals surface area (Å²) in [7, 11) is 0. The highest BCUT2D eigenvalue weighted by atomic mass is 32.2.